The number of hydrogen-bond acceptors (Lipinski definition) is 3. The maximum atomic E-state index is 9.19. The zero-order chi connectivity index (χ0) is 17.5. The van der Waals surface area contributed by atoms with Gasteiger partial charge in [0.15, 0.2) is 5.82 Å². The van der Waals surface area contributed by atoms with E-state index in [2.05, 4.69) is 27.3 Å². The lowest BCUT2D eigenvalue weighted by molar-refractivity contribution is 0.282. The fraction of sp³-hybridized carbons (Fsp3) is 0.0476. The maximum Gasteiger partial charge on any atom is 0.159 e. The minimum atomic E-state index is 0.0564. The van der Waals surface area contributed by atoms with Gasteiger partial charge in [-0.25, -0.2) is 4.98 Å². The highest BCUT2D eigenvalue weighted by molar-refractivity contribution is 5.93. The van der Waals surface area contributed by atoms with Crippen molar-refractivity contribution in [2.75, 3.05) is 0 Å². The summed E-state index contributed by atoms with van der Waals surface area (Å²) in [7, 11) is 0. The summed E-state index contributed by atoms with van der Waals surface area (Å²) in [5, 5.41) is 17.7. The Kier molecular flexibility index (Phi) is 3.33. The highest BCUT2D eigenvalue weighted by Gasteiger charge is 2.12. The first-order chi connectivity index (χ1) is 12.8. The van der Waals surface area contributed by atoms with Gasteiger partial charge in [-0.3, -0.25) is 5.10 Å². The molecule has 0 atom stereocenters. The van der Waals surface area contributed by atoms with Gasteiger partial charge in [-0.2, -0.15) is 5.10 Å². The van der Waals surface area contributed by atoms with Gasteiger partial charge in [0, 0.05) is 5.39 Å². The molecule has 0 aliphatic rings. The Balaban J connectivity index is 1.59. The van der Waals surface area contributed by atoms with Crippen LogP contribution in [0.25, 0.3) is 44.6 Å². The van der Waals surface area contributed by atoms with E-state index in [1.807, 2.05) is 54.6 Å². The van der Waals surface area contributed by atoms with Gasteiger partial charge in [0.05, 0.1) is 23.2 Å². The van der Waals surface area contributed by atoms with E-state index in [4.69, 9.17) is 4.98 Å². The number of aliphatic hydroxyl groups excluding tert-OH is 1. The molecule has 2 aromatic heterocycles. The number of fused-ring (bicyclic) bond motifs is 2. The average molecular weight is 340 g/mol. The van der Waals surface area contributed by atoms with Gasteiger partial charge in [-0.05, 0) is 34.9 Å². The summed E-state index contributed by atoms with van der Waals surface area (Å²) in [4.78, 5) is 8.09. The third-order valence-corrected chi connectivity index (χ3v) is 4.65. The zero-order valence-electron chi connectivity index (χ0n) is 13.9. The smallest absolute Gasteiger partial charge is 0.159 e. The highest BCUT2D eigenvalue weighted by atomic mass is 16.3. The number of imidazole rings is 1. The van der Waals surface area contributed by atoms with Gasteiger partial charge >= 0.3 is 0 Å². The lowest BCUT2D eigenvalue weighted by Gasteiger charge is -2.03. The number of rotatable bonds is 3. The first kappa shape index (κ1) is 14.9. The Bertz CT molecular complexity index is 1220. The molecule has 126 valence electrons. The van der Waals surface area contributed by atoms with Gasteiger partial charge in [0.2, 0.25) is 0 Å². The van der Waals surface area contributed by atoms with Crippen molar-refractivity contribution >= 4 is 21.9 Å². The van der Waals surface area contributed by atoms with Gasteiger partial charge in [-0.1, -0.05) is 48.5 Å². The van der Waals surface area contributed by atoms with Crippen molar-refractivity contribution < 1.29 is 5.11 Å². The molecule has 0 spiro atoms. The summed E-state index contributed by atoms with van der Waals surface area (Å²) in [6.45, 7) is 0.0564. The van der Waals surface area contributed by atoms with Crippen molar-refractivity contribution in [2.24, 2.45) is 0 Å². The standard InChI is InChI=1S/C21H16N4O/c26-12-13-5-7-14(8-6-13)15-9-10-18-19(11-15)23-21(22-18)20-16-3-1-2-4-17(16)24-25-20/h1-11,26H,12H2,(H,22,23)(H,24,25). The highest BCUT2D eigenvalue weighted by Crippen LogP contribution is 2.28. The van der Waals surface area contributed by atoms with Crippen molar-refractivity contribution in [3.63, 3.8) is 0 Å². The summed E-state index contributed by atoms with van der Waals surface area (Å²) in [6, 6.07) is 22.1. The monoisotopic (exact) mass is 340 g/mol. The van der Waals surface area contributed by atoms with Crippen LogP contribution < -0.4 is 0 Å². The van der Waals surface area contributed by atoms with Crippen molar-refractivity contribution in [1.29, 1.82) is 0 Å². The molecule has 5 nitrogen and oxygen atoms in total. The number of benzene rings is 3. The third kappa shape index (κ3) is 2.37. The third-order valence-electron chi connectivity index (χ3n) is 4.65. The van der Waals surface area contributed by atoms with Crippen LogP contribution in [-0.4, -0.2) is 25.3 Å². The molecular weight excluding hydrogens is 324 g/mol. The molecule has 3 aromatic carbocycles. The SMILES string of the molecule is OCc1ccc(-c2ccc3nc(-c4n[nH]c5ccccc45)[nH]c3c2)cc1. The number of H-pyrrole nitrogens is 2. The van der Waals surface area contributed by atoms with E-state index in [-0.39, 0.29) is 6.61 Å². The lowest BCUT2D eigenvalue weighted by atomic mass is 10.0. The number of aromatic amines is 2. The molecule has 0 saturated heterocycles. The minimum Gasteiger partial charge on any atom is -0.392 e. The van der Waals surface area contributed by atoms with Crippen LogP contribution in [0, 0.1) is 0 Å². The van der Waals surface area contributed by atoms with Crippen molar-refractivity contribution in [1.82, 2.24) is 20.2 Å². The van der Waals surface area contributed by atoms with Crippen LogP contribution in [-0.2, 0) is 6.61 Å². The van der Waals surface area contributed by atoms with Crippen LogP contribution in [0.3, 0.4) is 0 Å². The fourth-order valence-corrected chi connectivity index (χ4v) is 3.25. The summed E-state index contributed by atoms with van der Waals surface area (Å²) in [6.07, 6.45) is 0. The molecule has 0 amide bonds. The van der Waals surface area contributed by atoms with E-state index in [0.29, 0.717) is 0 Å². The van der Waals surface area contributed by atoms with E-state index in [0.717, 1.165) is 50.1 Å². The first-order valence-electron chi connectivity index (χ1n) is 8.45. The molecule has 0 bridgehead atoms. The van der Waals surface area contributed by atoms with Gasteiger partial charge < -0.3 is 10.1 Å². The maximum absolute atomic E-state index is 9.19. The van der Waals surface area contributed by atoms with Crippen LogP contribution >= 0.6 is 0 Å². The number of nitrogens with one attached hydrogen (secondary N) is 2. The minimum absolute atomic E-state index is 0.0564. The zero-order valence-corrected chi connectivity index (χ0v) is 13.9. The molecule has 2 heterocycles. The Morgan fingerprint density at radius 2 is 1.65 bits per heavy atom. The molecule has 3 N–H and O–H groups in total. The number of nitrogens with zero attached hydrogens (tertiary/aromatic N) is 2. The van der Waals surface area contributed by atoms with E-state index >= 15 is 0 Å². The average Bonchev–Trinajstić information content (AvgIpc) is 3.31. The molecule has 5 heteroatoms. The molecule has 0 saturated carbocycles. The van der Waals surface area contributed by atoms with Gasteiger partial charge in [0.25, 0.3) is 0 Å². The first-order valence-corrected chi connectivity index (χ1v) is 8.45. The molecule has 0 fully saturated rings. The molecule has 5 rings (SSSR count). The second-order valence-electron chi connectivity index (χ2n) is 6.29. The van der Waals surface area contributed by atoms with Crippen LogP contribution in [0.15, 0.2) is 66.7 Å². The number of para-hydroxylation sites is 1. The van der Waals surface area contributed by atoms with Crippen molar-refractivity contribution in [3.05, 3.63) is 72.3 Å². The van der Waals surface area contributed by atoms with Crippen LogP contribution in [0.4, 0.5) is 0 Å². The Hall–Kier alpha value is -3.44. The quantitative estimate of drug-likeness (QED) is 0.459. The number of aliphatic hydroxyl groups is 1. The topological polar surface area (TPSA) is 77.6 Å². The summed E-state index contributed by atoms with van der Waals surface area (Å²) in [5.74, 6) is 0.755. The summed E-state index contributed by atoms with van der Waals surface area (Å²) in [5.41, 5.74) is 6.80. The van der Waals surface area contributed by atoms with E-state index in [9.17, 15) is 5.11 Å². The summed E-state index contributed by atoms with van der Waals surface area (Å²) < 4.78 is 0. The number of hydrogen-bond donors (Lipinski definition) is 3. The normalized spacial score (nSPS) is 11.4. The largest absolute Gasteiger partial charge is 0.392 e. The second kappa shape index (κ2) is 5.82. The lowest BCUT2D eigenvalue weighted by Crippen LogP contribution is -1.83. The molecule has 26 heavy (non-hydrogen) atoms. The van der Waals surface area contributed by atoms with Gasteiger partial charge in [0.1, 0.15) is 5.69 Å². The fourth-order valence-electron chi connectivity index (χ4n) is 3.25. The number of aromatic nitrogens is 4. The van der Waals surface area contributed by atoms with Crippen LogP contribution in [0.5, 0.6) is 0 Å². The Morgan fingerprint density at radius 1 is 0.846 bits per heavy atom. The van der Waals surface area contributed by atoms with Crippen molar-refractivity contribution in [3.8, 4) is 22.6 Å². The van der Waals surface area contributed by atoms with Crippen LogP contribution in [0.1, 0.15) is 5.56 Å². The molecule has 5 aromatic rings. The van der Waals surface area contributed by atoms with Gasteiger partial charge in [-0.15, -0.1) is 0 Å². The molecule has 0 radical (unpaired) electrons. The molecule has 0 aliphatic heterocycles. The Morgan fingerprint density at radius 3 is 2.50 bits per heavy atom. The molecule has 0 unspecified atom stereocenters. The molecule has 0 aliphatic carbocycles. The van der Waals surface area contributed by atoms with Crippen LogP contribution in [0.2, 0.25) is 0 Å². The Labute approximate surface area is 149 Å². The van der Waals surface area contributed by atoms with Crippen molar-refractivity contribution in [2.45, 2.75) is 6.61 Å². The van der Waals surface area contributed by atoms with E-state index in [1.54, 1.807) is 0 Å². The predicted octanol–water partition coefficient (Wildman–Crippen LogP) is 4.27. The second-order valence-corrected chi connectivity index (χ2v) is 6.29. The predicted molar refractivity (Wildman–Crippen MR) is 103 cm³/mol. The van der Waals surface area contributed by atoms with E-state index in [1.165, 1.54) is 0 Å². The molecular formula is C21H16N4O. The van der Waals surface area contributed by atoms with E-state index < -0.39 is 0 Å². The summed E-state index contributed by atoms with van der Waals surface area (Å²) >= 11 is 0.